The number of nitrogens with zero attached hydrogens (tertiary/aromatic N) is 1. The van der Waals surface area contributed by atoms with Gasteiger partial charge in [-0.2, -0.15) is 0 Å². The number of aromatic hydroxyl groups is 1. The van der Waals surface area contributed by atoms with E-state index in [0.29, 0.717) is 5.69 Å². The lowest BCUT2D eigenvalue weighted by molar-refractivity contribution is -0.138. The Morgan fingerprint density at radius 3 is 2.03 bits per heavy atom. The summed E-state index contributed by atoms with van der Waals surface area (Å²) in [7, 11) is 1.63. The zero-order chi connectivity index (χ0) is 23.8. The number of amides is 2. The Labute approximate surface area is 179 Å². The fourth-order valence-electron chi connectivity index (χ4n) is 3.32. The number of pyridine rings is 1. The summed E-state index contributed by atoms with van der Waals surface area (Å²) in [5.41, 5.74) is -0.910. The zero-order valence-corrected chi connectivity index (χ0v) is 17.9. The first kappa shape index (κ1) is 25.7. The van der Waals surface area contributed by atoms with Gasteiger partial charge in [-0.3, -0.25) is 24.0 Å². The molecule has 0 radical (unpaired) electrons. The van der Waals surface area contributed by atoms with Gasteiger partial charge in [-0.1, -0.05) is 0 Å². The van der Waals surface area contributed by atoms with Crippen LogP contribution < -0.4 is 16.1 Å². The molecule has 0 unspecified atom stereocenters. The second-order valence-corrected chi connectivity index (χ2v) is 7.53. The van der Waals surface area contributed by atoms with Crippen molar-refractivity contribution in [2.24, 2.45) is 7.05 Å². The molecular weight excluding hydrogens is 410 g/mol. The smallest absolute Gasteiger partial charge is 0.303 e. The van der Waals surface area contributed by atoms with E-state index < -0.39 is 40.5 Å². The minimum absolute atomic E-state index is 0.0255. The van der Waals surface area contributed by atoms with E-state index in [2.05, 4.69) is 10.6 Å². The summed E-state index contributed by atoms with van der Waals surface area (Å²) >= 11 is 0. The predicted molar refractivity (Wildman–Crippen MR) is 109 cm³/mol. The van der Waals surface area contributed by atoms with Gasteiger partial charge in [0.15, 0.2) is 5.75 Å². The number of aromatic nitrogens is 1. The van der Waals surface area contributed by atoms with Gasteiger partial charge < -0.3 is 30.5 Å². The Hall–Kier alpha value is -3.37. The zero-order valence-electron chi connectivity index (χ0n) is 17.9. The molecule has 0 aliphatic heterocycles. The van der Waals surface area contributed by atoms with E-state index in [4.69, 9.17) is 10.2 Å². The summed E-state index contributed by atoms with van der Waals surface area (Å²) < 4.78 is 1.57. The molecule has 0 spiro atoms. The molecule has 0 aliphatic rings. The van der Waals surface area contributed by atoms with Crippen molar-refractivity contribution >= 4 is 23.8 Å². The van der Waals surface area contributed by atoms with Gasteiger partial charge in [0, 0.05) is 50.5 Å². The van der Waals surface area contributed by atoms with Crippen LogP contribution >= 0.6 is 0 Å². The highest BCUT2D eigenvalue weighted by molar-refractivity contribution is 5.77. The third-order valence-corrected chi connectivity index (χ3v) is 5.14. The van der Waals surface area contributed by atoms with Crippen LogP contribution in [0.5, 0.6) is 5.75 Å². The number of aryl methyl sites for hydroxylation is 1. The second kappa shape index (κ2) is 11.1. The average molecular weight is 439 g/mol. The van der Waals surface area contributed by atoms with E-state index >= 15 is 0 Å². The lowest BCUT2D eigenvalue weighted by Crippen LogP contribution is -2.49. The van der Waals surface area contributed by atoms with Crippen molar-refractivity contribution in [1.82, 2.24) is 15.2 Å². The summed E-state index contributed by atoms with van der Waals surface area (Å²) in [5.74, 6) is -3.61. The van der Waals surface area contributed by atoms with Gasteiger partial charge in [0.25, 0.3) is 0 Å². The Balaban J connectivity index is 2.91. The molecule has 0 aliphatic carbocycles. The molecule has 172 valence electrons. The molecule has 11 heteroatoms. The third-order valence-electron chi connectivity index (χ3n) is 5.14. The maximum Gasteiger partial charge on any atom is 0.303 e. The van der Waals surface area contributed by atoms with Crippen LogP contribution in [-0.4, -0.2) is 49.2 Å². The van der Waals surface area contributed by atoms with Crippen LogP contribution in [-0.2, 0) is 32.8 Å². The Morgan fingerprint density at radius 2 is 1.55 bits per heavy atom. The van der Waals surface area contributed by atoms with Crippen LogP contribution in [0.1, 0.15) is 56.8 Å². The van der Waals surface area contributed by atoms with Gasteiger partial charge in [0.2, 0.25) is 17.2 Å². The fourth-order valence-corrected chi connectivity index (χ4v) is 3.32. The molecule has 1 aromatic rings. The van der Waals surface area contributed by atoms with Gasteiger partial charge in [-0.25, -0.2) is 0 Å². The molecule has 0 saturated heterocycles. The Morgan fingerprint density at radius 1 is 1.03 bits per heavy atom. The van der Waals surface area contributed by atoms with Crippen LogP contribution in [0.15, 0.2) is 10.9 Å². The van der Waals surface area contributed by atoms with Gasteiger partial charge >= 0.3 is 11.9 Å². The second-order valence-electron chi connectivity index (χ2n) is 7.53. The molecule has 2 amide bonds. The minimum Gasteiger partial charge on any atom is -0.503 e. The number of rotatable bonds is 12. The Bertz CT molecular complexity index is 888. The number of carbonyl (C=O) groups excluding carboxylic acids is 2. The highest BCUT2D eigenvalue weighted by Crippen LogP contribution is 2.26. The number of nitrogens with one attached hydrogen (secondary N) is 2. The predicted octanol–water partition coefficient (Wildman–Crippen LogP) is 0.400. The Kier molecular flexibility index (Phi) is 9.22. The fraction of sp³-hybridized carbons (Fsp3) is 0.550. The quantitative estimate of drug-likeness (QED) is 0.311. The van der Waals surface area contributed by atoms with Gasteiger partial charge in [0.05, 0.1) is 12.2 Å². The summed E-state index contributed by atoms with van der Waals surface area (Å²) in [4.78, 5) is 57.9. The van der Waals surface area contributed by atoms with E-state index in [9.17, 15) is 29.1 Å². The van der Waals surface area contributed by atoms with Crippen LogP contribution in [0.25, 0.3) is 0 Å². The summed E-state index contributed by atoms with van der Waals surface area (Å²) in [5, 5.41) is 33.2. The minimum atomic E-state index is -1.17. The number of carboxylic acids is 2. The first-order chi connectivity index (χ1) is 14.4. The van der Waals surface area contributed by atoms with Crippen molar-refractivity contribution in [3.8, 4) is 5.75 Å². The maximum atomic E-state index is 12.4. The summed E-state index contributed by atoms with van der Waals surface area (Å²) in [6.45, 7) is 2.80. The SMILES string of the molecule is CC(=O)NC(CCC(=O)O)(CCC(=O)O)CCC(=O)NCc1c(O)c(=O)cc(C)n1C. The van der Waals surface area contributed by atoms with Gasteiger partial charge in [-0.15, -0.1) is 0 Å². The van der Waals surface area contributed by atoms with Crippen LogP contribution in [0.3, 0.4) is 0 Å². The van der Waals surface area contributed by atoms with E-state index in [-0.39, 0.29) is 50.8 Å². The van der Waals surface area contributed by atoms with Crippen molar-refractivity contribution in [3.63, 3.8) is 0 Å². The number of hydrogen-bond acceptors (Lipinski definition) is 6. The third kappa shape index (κ3) is 8.11. The highest BCUT2D eigenvalue weighted by atomic mass is 16.4. The molecule has 0 fully saturated rings. The van der Waals surface area contributed by atoms with E-state index in [1.165, 1.54) is 13.0 Å². The van der Waals surface area contributed by atoms with E-state index in [0.717, 1.165) is 0 Å². The molecule has 0 saturated carbocycles. The molecular formula is C20H29N3O8. The van der Waals surface area contributed by atoms with Gasteiger partial charge in [0.1, 0.15) is 0 Å². The van der Waals surface area contributed by atoms with E-state index in [1.807, 2.05) is 0 Å². The summed E-state index contributed by atoms with van der Waals surface area (Å²) in [6.07, 6.45) is -0.773. The van der Waals surface area contributed by atoms with Crippen molar-refractivity contribution in [3.05, 3.63) is 27.7 Å². The largest absolute Gasteiger partial charge is 0.503 e. The molecule has 31 heavy (non-hydrogen) atoms. The standard InChI is InChI=1S/C20H29N3O8/c1-12-10-15(25)19(31)14(23(12)3)11-21-16(26)4-7-20(22-13(2)24,8-5-17(27)28)9-6-18(29)30/h10,31H,4-9,11H2,1-3H3,(H,21,26)(H,22,24)(H,27,28)(H,29,30). The number of carbonyl (C=O) groups is 4. The molecule has 1 aromatic heterocycles. The molecule has 0 atom stereocenters. The van der Waals surface area contributed by atoms with Crippen molar-refractivity contribution < 1.29 is 34.5 Å². The average Bonchev–Trinajstić information content (AvgIpc) is 2.67. The molecule has 11 nitrogen and oxygen atoms in total. The molecule has 0 aromatic carbocycles. The van der Waals surface area contributed by atoms with E-state index in [1.54, 1.807) is 18.5 Å². The van der Waals surface area contributed by atoms with Crippen LogP contribution in [0.2, 0.25) is 0 Å². The first-order valence-electron chi connectivity index (χ1n) is 9.74. The lowest BCUT2D eigenvalue weighted by atomic mass is 9.83. The highest BCUT2D eigenvalue weighted by Gasteiger charge is 2.32. The van der Waals surface area contributed by atoms with Crippen LogP contribution in [0, 0.1) is 6.92 Å². The lowest BCUT2D eigenvalue weighted by Gasteiger charge is -2.34. The first-order valence-corrected chi connectivity index (χ1v) is 9.74. The monoisotopic (exact) mass is 439 g/mol. The van der Waals surface area contributed by atoms with Crippen molar-refractivity contribution in [2.45, 2.75) is 64.5 Å². The molecule has 0 bridgehead atoms. The van der Waals surface area contributed by atoms with Gasteiger partial charge in [-0.05, 0) is 26.2 Å². The number of aliphatic carboxylic acids is 2. The maximum absolute atomic E-state index is 12.4. The number of hydrogen-bond donors (Lipinski definition) is 5. The molecule has 1 heterocycles. The topological polar surface area (TPSA) is 175 Å². The van der Waals surface area contributed by atoms with Crippen molar-refractivity contribution in [2.75, 3.05) is 0 Å². The normalized spacial score (nSPS) is 11.1. The molecule has 5 N–H and O–H groups in total. The van der Waals surface area contributed by atoms with Crippen LogP contribution in [0.4, 0.5) is 0 Å². The summed E-state index contributed by atoms with van der Waals surface area (Å²) in [6, 6.07) is 1.27. The number of carboxylic acid groups (broad SMARTS) is 2. The molecule has 1 rings (SSSR count). The van der Waals surface area contributed by atoms with Crippen molar-refractivity contribution in [1.29, 1.82) is 0 Å².